The van der Waals surface area contributed by atoms with Crippen molar-refractivity contribution < 1.29 is 14.6 Å². The molecule has 0 bridgehead atoms. The quantitative estimate of drug-likeness (QED) is 0.195. The Balaban J connectivity index is 0.000000712. The summed E-state index contributed by atoms with van der Waals surface area (Å²) in [5.74, 6) is -0.0194. The van der Waals surface area contributed by atoms with Crippen LogP contribution in [0.1, 0.15) is 54.1 Å². The van der Waals surface area contributed by atoms with Crippen molar-refractivity contribution in [1.29, 1.82) is 0 Å². The van der Waals surface area contributed by atoms with Crippen LogP contribution in [0.15, 0.2) is 60.7 Å². The van der Waals surface area contributed by atoms with E-state index < -0.39 is 5.97 Å². The summed E-state index contributed by atoms with van der Waals surface area (Å²) in [5, 5.41) is 21.7. The van der Waals surface area contributed by atoms with Crippen LogP contribution in [-0.4, -0.2) is 63.6 Å². The predicted octanol–water partition coefficient (Wildman–Crippen LogP) is 6.66. The Kier molecular flexibility index (Phi) is 10.0. The van der Waals surface area contributed by atoms with E-state index in [1.165, 1.54) is 0 Å². The number of carbonyl (C=O) groups is 1. The van der Waals surface area contributed by atoms with E-state index in [2.05, 4.69) is 74.4 Å². The number of aryl methyl sites for hydroxylation is 3. The van der Waals surface area contributed by atoms with E-state index in [4.69, 9.17) is 9.84 Å². The summed E-state index contributed by atoms with van der Waals surface area (Å²) in [6.07, 6.45) is 2.20. The maximum absolute atomic E-state index is 12.8. The van der Waals surface area contributed by atoms with Gasteiger partial charge < -0.3 is 24.6 Å². The number of carboxylic acid groups (broad SMARTS) is 1. The van der Waals surface area contributed by atoms with Gasteiger partial charge in [-0.15, -0.1) is 0 Å². The molecule has 0 radical (unpaired) electrons. The average Bonchev–Trinajstić information content (AvgIpc) is 3.48. The third-order valence-corrected chi connectivity index (χ3v) is 8.48. The molecular formula is C36H45N5O3. The van der Waals surface area contributed by atoms with Gasteiger partial charge in [0.1, 0.15) is 11.4 Å². The Morgan fingerprint density at radius 3 is 2.45 bits per heavy atom. The first kappa shape index (κ1) is 31.3. The second-order valence-electron chi connectivity index (χ2n) is 11.5. The average molecular weight is 596 g/mol. The van der Waals surface area contributed by atoms with Crippen LogP contribution in [-0.2, 0) is 26.6 Å². The molecule has 1 aliphatic rings. The minimum Gasteiger partial charge on any atom is -0.493 e. The number of carboxylic acids is 1. The molecule has 1 aliphatic heterocycles. The van der Waals surface area contributed by atoms with E-state index in [-0.39, 0.29) is 0 Å². The summed E-state index contributed by atoms with van der Waals surface area (Å²) in [4.78, 5) is 15.0. The minimum absolute atomic E-state index is 0.397. The van der Waals surface area contributed by atoms with Gasteiger partial charge >= 0.3 is 5.97 Å². The number of hydrogen-bond acceptors (Lipinski definition) is 5. The highest BCUT2D eigenvalue weighted by molar-refractivity contribution is 6.04. The van der Waals surface area contributed by atoms with Gasteiger partial charge in [0.15, 0.2) is 0 Å². The van der Waals surface area contributed by atoms with Crippen LogP contribution in [0.25, 0.3) is 32.8 Å². The molecule has 2 aromatic heterocycles. The van der Waals surface area contributed by atoms with Crippen LogP contribution >= 0.6 is 0 Å². The first-order valence-electron chi connectivity index (χ1n) is 15.8. The van der Waals surface area contributed by atoms with Crippen molar-refractivity contribution >= 4 is 27.6 Å². The zero-order valence-electron chi connectivity index (χ0n) is 26.7. The first-order valence-corrected chi connectivity index (χ1v) is 15.8. The van der Waals surface area contributed by atoms with Gasteiger partial charge in [0, 0.05) is 47.7 Å². The molecule has 8 nitrogen and oxygen atoms in total. The number of nitrogens with one attached hydrogen (secondary N) is 1. The highest BCUT2D eigenvalue weighted by atomic mass is 16.5. The van der Waals surface area contributed by atoms with E-state index in [0.717, 1.165) is 88.1 Å². The molecule has 0 saturated carbocycles. The molecule has 2 N–H and O–H groups in total. The monoisotopic (exact) mass is 595 g/mol. The molecule has 3 heterocycles. The van der Waals surface area contributed by atoms with E-state index >= 15 is 0 Å². The number of hydrogen-bond donors (Lipinski definition) is 2. The molecule has 0 saturated heterocycles. The third kappa shape index (κ3) is 6.37. The van der Waals surface area contributed by atoms with Crippen molar-refractivity contribution in [1.82, 2.24) is 24.6 Å². The zero-order chi connectivity index (χ0) is 31.2. The second kappa shape index (κ2) is 14.1. The maximum atomic E-state index is 12.8. The molecule has 232 valence electrons. The Labute approximate surface area is 260 Å². The van der Waals surface area contributed by atoms with Crippen LogP contribution in [0.5, 0.6) is 5.75 Å². The lowest BCUT2D eigenvalue weighted by Crippen LogP contribution is -2.22. The topological polar surface area (TPSA) is 84.6 Å². The number of para-hydroxylation sites is 1. The van der Waals surface area contributed by atoms with E-state index in [1.807, 2.05) is 40.6 Å². The molecular weight excluding hydrogens is 550 g/mol. The summed E-state index contributed by atoms with van der Waals surface area (Å²) >= 11 is 0. The predicted molar refractivity (Wildman–Crippen MR) is 179 cm³/mol. The van der Waals surface area contributed by atoms with Crippen LogP contribution in [0.3, 0.4) is 0 Å². The summed E-state index contributed by atoms with van der Waals surface area (Å²) in [6, 6.07) is 20.5. The van der Waals surface area contributed by atoms with Gasteiger partial charge in [-0.3, -0.25) is 4.68 Å². The smallest absolute Gasteiger partial charge is 0.352 e. The van der Waals surface area contributed by atoms with Crippen molar-refractivity contribution in [3.63, 3.8) is 0 Å². The Morgan fingerprint density at radius 2 is 1.70 bits per heavy atom. The number of nitrogens with zero attached hydrogens (tertiary/aromatic N) is 4. The molecule has 0 spiro atoms. The number of aromatic carboxylic acids is 1. The number of aromatic nitrogens is 3. The molecule has 3 aromatic carbocycles. The normalized spacial score (nSPS) is 13.4. The third-order valence-electron chi connectivity index (χ3n) is 8.48. The lowest BCUT2D eigenvalue weighted by atomic mass is 9.98. The zero-order valence-corrected chi connectivity index (χ0v) is 26.7. The van der Waals surface area contributed by atoms with Crippen molar-refractivity contribution in [3.8, 4) is 16.9 Å². The molecule has 6 rings (SSSR count). The summed E-state index contributed by atoms with van der Waals surface area (Å²) in [5.41, 5.74) is 6.57. The van der Waals surface area contributed by atoms with Crippen LogP contribution in [0.4, 0.5) is 0 Å². The maximum Gasteiger partial charge on any atom is 0.352 e. The summed E-state index contributed by atoms with van der Waals surface area (Å²) in [7, 11) is 4.08. The Bertz CT molecular complexity index is 1740. The van der Waals surface area contributed by atoms with E-state index in [0.29, 0.717) is 31.7 Å². The van der Waals surface area contributed by atoms with Crippen LogP contribution < -0.4 is 10.1 Å². The summed E-state index contributed by atoms with van der Waals surface area (Å²) < 4.78 is 10.2. The second-order valence-corrected chi connectivity index (χ2v) is 11.5. The largest absolute Gasteiger partial charge is 0.493 e. The molecule has 5 aromatic rings. The lowest BCUT2D eigenvalue weighted by molar-refractivity contribution is 0.0684. The van der Waals surface area contributed by atoms with Crippen molar-refractivity contribution in [2.75, 3.05) is 33.3 Å². The molecule has 0 atom stereocenters. The Hall–Kier alpha value is -4.14. The molecule has 0 unspecified atom stereocenters. The fourth-order valence-corrected chi connectivity index (χ4v) is 6.38. The van der Waals surface area contributed by atoms with Gasteiger partial charge in [-0.1, -0.05) is 68.4 Å². The highest BCUT2D eigenvalue weighted by Gasteiger charge is 2.27. The molecule has 44 heavy (non-hydrogen) atoms. The molecule has 0 fully saturated rings. The van der Waals surface area contributed by atoms with Gasteiger partial charge in [-0.25, -0.2) is 4.79 Å². The minimum atomic E-state index is -0.879. The molecule has 0 aliphatic carbocycles. The molecule has 0 amide bonds. The number of fused-ring (bicyclic) bond motifs is 3. The van der Waals surface area contributed by atoms with Crippen molar-refractivity contribution in [2.45, 2.75) is 53.1 Å². The number of rotatable bonds is 8. The van der Waals surface area contributed by atoms with Gasteiger partial charge in [0.25, 0.3) is 0 Å². The van der Waals surface area contributed by atoms with E-state index in [9.17, 15) is 9.90 Å². The standard InChI is InChI=1S/C32H34N4O3.C4H11N/c1-21-29-26-14-7-13-24-25(15-8-19-39-28-16-6-11-22-10-4-5-12-23(22)28)31(32(37)38)36(30(24)26)18-9-17-34(2)20-27(29)33-35(21)3;1-3-5-4-2/h4-7,10-14,16H,8-9,15,17-20H2,1-3H3,(H,37,38);5H,3-4H2,1-2H3. The fraction of sp³-hybridized carbons (Fsp3) is 0.389. The van der Waals surface area contributed by atoms with Gasteiger partial charge in [0.2, 0.25) is 0 Å². The first-order chi connectivity index (χ1) is 21.3. The van der Waals surface area contributed by atoms with Crippen molar-refractivity contribution in [2.24, 2.45) is 7.05 Å². The molecule has 8 heteroatoms. The Morgan fingerprint density at radius 1 is 0.977 bits per heavy atom. The van der Waals surface area contributed by atoms with Gasteiger partial charge in [-0.05, 0) is 69.9 Å². The highest BCUT2D eigenvalue weighted by Crippen LogP contribution is 2.39. The summed E-state index contributed by atoms with van der Waals surface area (Å²) in [6.45, 7) is 11.3. The number of ether oxygens (including phenoxy) is 1. The number of benzene rings is 3. The van der Waals surface area contributed by atoms with E-state index in [1.54, 1.807) is 0 Å². The van der Waals surface area contributed by atoms with Gasteiger partial charge in [-0.2, -0.15) is 5.10 Å². The van der Waals surface area contributed by atoms with Crippen molar-refractivity contribution in [3.05, 3.63) is 83.3 Å². The van der Waals surface area contributed by atoms with Crippen LogP contribution in [0, 0.1) is 6.92 Å². The van der Waals surface area contributed by atoms with Crippen LogP contribution in [0.2, 0.25) is 0 Å². The SMILES string of the molecule is CCNCC.Cc1c2c(nn1C)CN(C)CCCn1c(C(=O)O)c(CCCOc3cccc4ccccc34)c3cccc-2c31. The fourth-order valence-electron chi connectivity index (χ4n) is 6.38. The lowest BCUT2D eigenvalue weighted by Gasteiger charge is -2.20. The van der Waals surface area contributed by atoms with Gasteiger partial charge in [0.05, 0.1) is 17.8 Å².